The largest absolute Gasteiger partial charge is 0.381 e. The lowest BCUT2D eigenvalue weighted by Crippen LogP contribution is -2.03. The van der Waals surface area contributed by atoms with Gasteiger partial charge in [-0.1, -0.05) is 18.2 Å². The van der Waals surface area contributed by atoms with Crippen molar-refractivity contribution in [3.05, 3.63) is 68.8 Å². The van der Waals surface area contributed by atoms with Crippen molar-refractivity contribution in [3.8, 4) is 0 Å². The van der Waals surface area contributed by atoms with Crippen LogP contribution in [0.15, 0.2) is 36.4 Å². The van der Waals surface area contributed by atoms with E-state index in [2.05, 4.69) is 31.3 Å². The van der Waals surface area contributed by atoms with Gasteiger partial charge in [0.05, 0.1) is 4.92 Å². The Labute approximate surface area is 118 Å². The van der Waals surface area contributed by atoms with E-state index in [0.717, 1.165) is 11.3 Å². The molecule has 2 aromatic rings. The first-order valence-electron chi connectivity index (χ1n) is 6.53. The monoisotopic (exact) mass is 270 g/mol. The number of non-ortho nitro benzene ring substituents is 1. The molecule has 2 rings (SSSR count). The van der Waals surface area contributed by atoms with Gasteiger partial charge in [-0.25, -0.2) is 0 Å². The molecular weight excluding hydrogens is 252 g/mol. The normalized spacial score (nSPS) is 10.3. The molecule has 0 radical (unpaired) electrons. The van der Waals surface area contributed by atoms with Gasteiger partial charge in [0.15, 0.2) is 0 Å². The number of benzene rings is 2. The molecule has 0 atom stereocenters. The zero-order chi connectivity index (χ0) is 14.7. The quantitative estimate of drug-likeness (QED) is 0.671. The molecule has 104 valence electrons. The fraction of sp³-hybridized carbons (Fsp3) is 0.250. The van der Waals surface area contributed by atoms with Crippen molar-refractivity contribution in [1.82, 2.24) is 0 Å². The highest BCUT2D eigenvalue weighted by molar-refractivity contribution is 5.55. The summed E-state index contributed by atoms with van der Waals surface area (Å²) in [4.78, 5) is 10.3. The van der Waals surface area contributed by atoms with Gasteiger partial charge in [-0.2, -0.15) is 0 Å². The van der Waals surface area contributed by atoms with E-state index in [9.17, 15) is 10.1 Å². The SMILES string of the molecule is Cc1cc([N+](=O)[O-])ccc1NCc1cccc(C)c1C. The Balaban J connectivity index is 2.15. The van der Waals surface area contributed by atoms with Crippen molar-refractivity contribution < 1.29 is 4.92 Å². The molecule has 4 heteroatoms. The third-order valence-corrected chi connectivity index (χ3v) is 3.61. The first kappa shape index (κ1) is 14.1. The summed E-state index contributed by atoms with van der Waals surface area (Å²) >= 11 is 0. The molecule has 0 fully saturated rings. The van der Waals surface area contributed by atoms with Crippen LogP contribution in [-0.4, -0.2) is 4.92 Å². The summed E-state index contributed by atoms with van der Waals surface area (Å²) in [7, 11) is 0. The summed E-state index contributed by atoms with van der Waals surface area (Å²) in [5.74, 6) is 0. The Bertz CT molecular complexity index is 651. The van der Waals surface area contributed by atoms with Crippen LogP contribution < -0.4 is 5.32 Å². The van der Waals surface area contributed by atoms with Crippen LogP contribution in [0.5, 0.6) is 0 Å². The number of aryl methyl sites for hydroxylation is 2. The Morgan fingerprint density at radius 3 is 2.50 bits per heavy atom. The minimum atomic E-state index is -0.374. The maximum Gasteiger partial charge on any atom is 0.269 e. The average molecular weight is 270 g/mol. The summed E-state index contributed by atoms with van der Waals surface area (Å²) in [6.07, 6.45) is 0. The van der Waals surface area contributed by atoms with Gasteiger partial charge in [0.25, 0.3) is 5.69 Å². The smallest absolute Gasteiger partial charge is 0.269 e. The lowest BCUT2D eigenvalue weighted by molar-refractivity contribution is -0.384. The predicted octanol–water partition coefficient (Wildman–Crippen LogP) is 4.13. The average Bonchev–Trinajstić information content (AvgIpc) is 2.41. The number of nitro groups is 1. The van der Waals surface area contributed by atoms with Crippen LogP contribution in [-0.2, 0) is 6.54 Å². The van der Waals surface area contributed by atoms with Gasteiger partial charge in [-0.05, 0) is 49.1 Å². The van der Waals surface area contributed by atoms with E-state index in [1.807, 2.05) is 13.0 Å². The molecular formula is C16H18N2O2. The molecule has 0 aliphatic rings. The molecule has 0 saturated carbocycles. The maximum absolute atomic E-state index is 10.7. The highest BCUT2D eigenvalue weighted by Crippen LogP contribution is 2.22. The standard InChI is InChI=1S/C16H18N2O2/c1-11-5-4-6-14(13(11)3)10-17-16-8-7-15(18(19)20)9-12(16)2/h4-9,17H,10H2,1-3H3. The van der Waals surface area contributed by atoms with Gasteiger partial charge in [-0.15, -0.1) is 0 Å². The summed E-state index contributed by atoms with van der Waals surface area (Å²) in [6, 6.07) is 11.1. The Morgan fingerprint density at radius 2 is 1.85 bits per heavy atom. The molecule has 0 aliphatic heterocycles. The zero-order valence-corrected chi connectivity index (χ0v) is 11.9. The fourth-order valence-corrected chi connectivity index (χ4v) is 2.15. The number of anilines is 1. The minimum absolute atomic E-state index is 0.125. The van der Waals surface area contributed by atoms with E-state index in [0.29, 0.717) is 6.54 Å². The van der Waals surface area contributed by atoms with Gasteiger partial charge in [0.2, 0.25) is 0 Å². The van der Waals surface area contributed by atoms with E-state index in [4.69, 9.17) is 0 Å². The van der Waals surface area contributed by atoms with E-state index in [1.165, 1.54) is 22.8 Å². The number of rotatable bonds is 4. The second-order valence-corrected chi connectivity index (χ2v) is 4.97. The number of nitro benzene ring substituents is 1. The highest BCUT2D eigenvalue weighted by Gasteiger charge is 2.08. The summed E-state index contributed by atoms with van der Waals surface area (Å²) in [5.41, 5.74) is 5.72. The van der Waals surface area contributed by atoms with Gasteiger partial charge in [0, 0.05) is 24.4 Å². The summed E-state index contributed by atoms with van der Waals surface area (Å²) in [6.45, 7) is 6.79. The van der Waals surface area contributed by atoms with Crippen LogP contribution in [0.4, 0.5) is 11.4 Å². The van der Waals surface area contributed by atoms with Crippen molar-refractivity contribution in [3.63, 3.8) is 0 Å². The van der Waals surface area contributed by atoms with Gasteiger partial charge in [-0.3, -0.25) is 10.1 Å². The van der Waals surface area contributed by atoms with Crippen molar-refractivity contribution in [2.45, 2.75) is 27.3 Å². The Morgan fingerprint density at radius 1 is 1.10 bits per heavy atom. The first-order chi connectivity index (χ1) is 9.49. The van der Waals surface area contributed by atoms with E-state index < -0.39 is 0 Å². The van der Waals surface area contributed by atoms with Gasteiger partial charge < -0.3 is 5.32 Å². The van der Waals surface area contributed by atoms with Crippen LogP contribution >= 0.6 is 0 Å². The summed E-state index contributed by atoms with van der Waals surface area (Å²) < 4.78 is 0. The highest BCUT2D eigenvalue weighted by atomic mass is 16.6. The molecule has 0 aromatic heterocycles. The molecule has 0 heterocycles. The number of hydrogen-bond donors (Lipinski definition) is 1. The topological polar surface area (TPSA) is 55.2 Å². The van der Waals surface area contributed by atoms with Crippen LogP contribution in [0, 0.1) is 30.9 Å². The van der Waals surface area contributed by atoms with Crippen molar-refractivity contribution in [2.24, 2.45) is 0 Å². The third kappa shape index (κ3) is 2.96. The minimum Gasteiger partial charge on any atom is -0.381 e. The van der Waals surface area contributed by atoms with E-state index >= 15 is 0 Å². The van der Waals surface area contributed by atoms with Crippen molar-refractivity contribution in [2.75, 3.05) is 5.32 Å². The molecule has 2 aromatic carbocycles. The van der Waals surface area contributed by atoms with Crippen LogP contribution in [0.1, 0.15) is 22.3 Å². The van der Waals surface area contributed by atoms with Crippen molar-refractivity contribution >= 4 is 11.4 Å². The molecule has 20 heavy (non-hydrogen) atoms. The number of nitrogens with one attached hydrogen (secondary N) is 1. The van der Waals surface area contributed by atoms with Gasteiger partial charge >= 0.3 is 0 Å². The lowest BCUT2D eigenvalue weighted by atomic mass is 10.0. The number of nitrogens with zero attached hydrogens (tertiary/aromatic N) is 1. The molecule has 0 aliphatic carbocycles. The van der Waals surface area contributed by atoms with Crippen LogP contribution in [0.2, 0.25) is 0 Å². The lowest BCUT2D eigenvalue weighted by Gasteiger charge is -2.12. The molecule has 0 unspecified atom stereocenters. The van der Waals surface area contributed by atoms with E-state index in [-0.39, 0.29) is 10.6 Å². The summed E-state index contributed by atoms with van der Waals surface area (Å²) in [5, 5.41) is 14.1. The molecule has 0 saturated heterocycles. The predicted molar refractivity (Wildman–Crippen MR) is 81.1 cm³/mol. The van der Waals surface area contributed by atoms with Crippen molar-refractivity contribution in [1.29, 1.82) is 0 Å². The second-order valence-electron chi connectivity index (χ2n) is 4.97. The molecule has 0 bridgehead atoms. The second kappa shape index (κ2) is 5.74. The first-order valence-corrected chi connectivity index (χ1v) is 6.53. The van der Waals surface area contributed by atoms with Crippen LogP contribution in [0.25, 0.3) is 0 Å². The maximum atomic E-state index is 10.7. The molecule has 4 nitrogen and oxygen atoms in total. The zero-order valence-electron chi connectivity index (χ0n) is 11.9. The van der Waals surface area contributed by atoms with Crippen LogP contribution in [0.3, 0.4) is 0 Å². The number of hydrogen-bond acceptors (Lipinski definition) is 3. The Hall–Kier alpha value is -2.36. The molecule has 0 amide bonds. The fourth-order valence-electron chi connectivity index (χ4n) is 2.15. The molecule has 1 N–H and O–H groups in total. The molecule has 0 spiro atoms. The Kier molecular flexibility index (Phi) is 4.03. The third-order valence-electron chi connectivity index (χ3n) is 3.61. The van der Waals surface area contributed by atoms with E-state index in [1.54, 1.807) is 12.1 Å². The van der Waals surface area contributed by atoms with Gasteiger partial charge in [0.1, 0.15) is 0 Å².